The van der Waals surface area contributed by atoms with Crippen molar-refractivity contribution in [1.29, 1.82) is 0 Å². The molecule has 1 aliphatic carbocycles. The minimum absolute atomic E-state index is 0.0333. The highest BCUT2D eigenvalue weighted by Gasteiger charge is 2.49. The first-order chi connectivity index (χ1) is 18.6. The third kappa shape index (κ3) is 6.54. The minimum atomic E-state index is -4.58. The second-order valence-corrected chi connectivity index (χ2v) is 12.0. The van der Waals surface area contributed by atoms with E-state index in [-0.39, 0.29) is 33.0 Å². The molecule has 4 rings (SSSR count). The molecule has 0 bridgehead atoms. The second-order valence-electron chi connectivity index (χ2n) is 11.0. The molecule has 2 amide bonds. The number of nitrogens with zero attached hydrogens (tertiary/aromatic N) is 3. The molecule has 8 nitrogen and oxygen atoms in total. The Hall–Kier alpha value is -2.87. The van der Waals surface area contributed by atoms with Gasteiger partial charge >= 0.3 is 6.18 Å². The molecular weight excluding hydrogens is 557 g/mol. The van der Waals surface area contributed by atoms with Gasteiger partial charge in [0.2, 0.25) is 0 Å². The van der Waals surface area contributed by atoms with Crippen LogP contribution < -0.4 is 10.6 Å². The van der Waals surface area contributed by atoms with E-state index in [4.69, 9.17) is 0 Å². The first-order valence-corrected chi connectivity index (χ1v) is 13.9. The van der Waals surface area contributed by atoms with Crippen LogP contribution in [-0.4, -0.2) is 68.2 Å². The first-order valence-electron chi connectivity index (χ1n) is 13.0. The minimum Gasteiger partial charge on any atom is -0.388 e. The van der Waals surface area contributed by atoms with E-state index in [2.05, 4.69) is 20.6 Å². The highest BCUT2D eigenvalue weighted by Crippen LogP contribution is 2.43. The van der Waals surface area contributed by atoms with Gasteiger partial charge in [0.25, 0.3) is 18.2 Å². The van der Waals surface area contributed by atoms with Gasteiger partial charge in [-0.2, -0.15) is 13.2 Å². The lowest BCUT2D eigenvalue weighted by Crippen LogP contribution is -2.47. The van der Waals surface area contributed by atoms with E-state index in [9.17, 15) is 36.6 Å². The smallest absolute Gasteiger partial charge is 0.388 e. The summed E-state index contributed by atoms with van der Waals surface area (Å²) in [6.45, 7) is 6.84. The largest absolute Gasteiger partial charge is 0.408 e. The van der Waals surface area contributed by atoms with Crippen molar-refractivity contribution in [2.24, 2.45) is 5.92 Å². The molecule has 2 aliphatic rings. The Labute approximate surface area is 232 Å². The van der Waals surface area contributed by atoms with E-state index < -0.39 is 53.6 Å². The van der Waals surface area contributed by atoms with Gasteiger partial charge in [-0.3, -0.25) is 9.59 Å². The molecule has 1 aliphatic heterocycles. The van der Waals surface area contributed by atoms with E-state index in [1.165, 1.54) is 13.8 Å². The van der Waals surface area contributed by atoms with Crippen LogP contribution in [0.1, 0.15) is 85.7 Å². The van der Waals surface area contributed by atoms with Gasteiger partial charge < -0.3 is 20.6 Å². The van der Waals surface area contributed by atoms with Gasteiger partial charge in [-0.1, -0.05) is 0 Å². The summed E-state index contributed by atoms with van der Waals surface area (Å²) in [5, 5.41) is 14.9. The number of likely N-dealkylation sites (tertiary alicyclic amines) is 1. The van der Waals surface area contributed by atoms with Gasteiger partial charge in [-0.25, -0.2) is 18.7 Å². The van der Waals surface area contributed by atoms with E-state index in [0.717, 1.165) is 25.1 Å². The normalized spacial score (nSPS) is 19.6. The maximum atomic E-state index is 14.3. The first kappa shape index (κ1) is 30.1. The summed E-state index contributed by atoms with van der Waals surface area (Å²) in [5.41, 5.74) is -2.32. The van der Waals surface area contributed by atoms with Crippen molar-refractivity contribution in [3.8, 4) is 10.4 Å². The molecular formula is C26H32F5N5O3S. The average molecular weight is 590 g/mol. The summed E-state index contributed by atoms with van der Waals surface area (Å²) in [6, 6.07) is -1.90. The molecule has 0 unspecified atom stereocenters. The lowest BCUT2D eigenvalue weighted by Gasteiger charge is -2.26. The Morgan fingerprint density at radius 3 is 2.40 bits per heavy atom. The number of carbonyl (C=O) groups is 2. The molecule has 3 N–H and O–H groups in total. The molecule has 0 aromatic carbocycles. The zero-order chi connectivity index (χ0) is 29.6. The molecule has 220 valence electrons. The van der Waals surface area contributed by atoms with E-state index >= 15 is 0 Å². The van der Waals surface area contributed by atoms with Crippen LogP contribution in [0.3, 0.4) is 0 Å². The summed E-state index contributed by atoms with van der Waals surface area (Å²) < 4.78 is 69.2. The Kier molecular flexibility index (Phi) is 8.42. The maximum Gasteiger partial charge on any atom is 0.408 e. The lowest BCUT2D eigenvalue weighted by molar-refractivity contribution is -0.146. The fourth-order valence-corrected chi connectivity index (χ4v) is 5.52. The number of aromatic nitrogens is 2. The summed E-state index contributed by atoms with van der Waals surface area (Å²) >= 11 is 0.706. The number of pyridine rings is 1. The van der Waals surface area contributed by atoms with Crippen LogP contribution in [0.5, 0.6) is 0 Å². The van der Waals surface area contributed by atoms with Crippen LogP contribution >= 0.6 is 11.3 Å². The highest BCUT2D eigenvalue weighted by molar-refractivity contribution is 7.17. The number of nitrogens with one attached hydrogen (secondary N) is 2. The predicted octanol–water partition coefficient (Wildman–Crippen LogP) is 5.41. The topological polar surface area (TPSA) is 107 Å². The van der Waals surface area contributed by atoms with Crippen molar-refractivity contribution in [2.45, 2.75) is 89.7 Å². The molecule has 1 saturated carbocycles. The molecule has 1 saturated heterocycles. The van der Waals surface area contributed by atoms with Crippen molar-refractivity contribution < 1.29 is 36.6 Å². The highest BCUT2D eigenvalue weighted by atomic mass is 32.1. The summed E-state index contributed by atoms with van der Waals surface area (Å²) in [5.74, 6) is -2.27. The van der Waals surface area contributed by atoms with Crippen molar-refractivity contribution in [2.75, 3.05) is 11.9 Å². The number of amides is 2. The summed E-state index contributed by atoms with van der Waals surface area (Å²) in [4.78, 5) is 36.2. The molecule has 40 heavy (non-hydrogen) atoms. The van der Waals surface area contributed by atoms with Gasteiger partial charge in [0.15, 0.2) is 5.01 Å². The Bertz CT molecular complexity index is 1260. The van der Waals surface area contributed by atoms with Gasteiger partial charge in [-0.05, 0) is 65.4 Å². The Balaban J connectivity index is 1.75. The molecule has 14 heteroatoms. The Morgan fingerprint density at radius 2 is 1.88 bits per heavy atom. The second kappa shape index (κ2) is 11.2. The van der Waals surface area contributed by atoms with Crippen molar-refractivity contribution in [1.82, 2.24) is 20.2 Å². The number of halogens is 5. The number of hydrogen-bond acceptors (Lipinski definition) is 7. The number of alkyl halides is 5. The predicted molar refractivity (Wildman–Crippen MR) is 139 cm³/mol. The standard InChI is InChI=1S/C26H32F5N5O3S/c1-12-6-5-9-36(12)24(38)18-19(40-23(35-18)22(37)33-13(2)25(3,4)39)16-11-32-17(10-15(16)21(27)28)34-20(14-7-8-14)26(29,30)31/h10-14,20-21,39H,5-9H2,1-4H3,(H,32,34)(H,33,37)/t12-,13+,20-/m0/s1. The summed E-state index contributed by atoms with van der Waals surface area (Å²) in [7, 11) is 0. The third-order valence-corrected chi connectivity index (χ3v) is 8.50. The van der Waals surface area contributed by atoms with E-state index in [1.54, 1.807) is 11.8 Å². The quantitative estimate of drug-likeness (QED) is 0.338. The molecule has 0 radical (unpaired) electrons. The third-order valence-electron chi connectivity index (χ3n) is 7.41. The van der Waals surface area contributed by atoms with Gasteiger partial charge in [0.05, 0.1) is 16.5 Å². The average Bonchev–Trinajstić information content (AvgIpc) is 3.43. The number of carbonyl (C=O) groups excluding carboxylic acids is 2. The maximum absolute atomic E-state index is 14.3. The van der Waals surface area contributed by atoms with Crippen LogP contribution in [0, 0.1) is 5.92 Å². The van der Waals surface area contributed by atoms with Crippen molar-refractivity contribution in [3.05, 3.63) is 28.5 Å². The van der Waals surface area contributed by atoms with Crippen LogP contribution in [0.4, 0.5) is 27.8 Å². The van der Waals surface area contributed by atoms with Gasteiger partial charge in [-0.15, -0.1) is 11.3 Å². The molecule has 3 heterocycles. The van der Waals surface area contributed by atoms with Crippen molar-refractivity contribution >= 4 is 29.0 Å². The molecule has 2 aromatic heterocycles. The molecule has 2 aromatic rings. The fraction of sp³-hybridized carbons (Fsp3) is 0.615. The number of rotatable bonds is 9. The molecule has 3 atom stereocenters. The van der Waals surface area contributed by atoms with Crippen LogP contribution in [-0.2, 0) is 0 Å². The number of thiazole rings is 1. The summed E-state index contributed by atoms with van der Waals surface area (Å²) in [6.07, 6.45) is -4.49. The van der Waals surface area contributed by atoms with E-state index in [1.807, 2.05) is 6.92 Å². The fourth-order valence-electron chi connectivity index (χ4n) is 4.53. The zero-order valence-corrected chi connectivity index (χ0v) is 23.3. The SMILES string of the molecule is C[C@H]1CCCN1C(=O)c1nc(C(=O)N[C@H](C)C(C)(C)O)sc1-c1cnc(N[C@@H](C2CC2)C(F)(F)F)cc1C(F)F. The van der Waals surface area contributed by atoms with Gasteiger partial charge in [0, 0.05) is 29.9 Å². The van der Waals surface area contributed by atoms with Gasteiger partial charge in [0.1, 0.15) is 17.6 Å². The van der Waals surface area contributed by atoms with Crippen LogP contribution in [0.15, 0.2) is 12.3 Å². The molecule has 2 fully saturated rings. The van der Waals surface area contributed by atoms with Crippen LogP contribution in [0.2, 0.25) is 0 Å². The number of anilines is 1. The van der Waals surface area contributed by atoms with Crippen molar-refractivity contribution in [3.63, 3.8) is 0 Å². The lowest BCUT2D eigenvalue weighted by atomic mass is 10.0. The number of aliphatic hydroxyl groups is 1. The number of hydrogen-bond donors (Lipinski definition) is 3. The monoisotopic (exact) mass is 589 g/mol. The van der Waals surface area contributed by atoms with Crippen LogP contribution in [0.25, 0.3) is 10.4 Å². The molecule has 0 spiro atoms. The van der Waals surface area contributed by atoms with E-state index in [0.29, 0.717) is 30.7 Å². The zero-order valence-electron chi connectivity index (χ0n) is 22.5. The Morgan fingerprint density at radius 1 is 1.20 bits per heavy atom.